The number of nitro groups is 1. The molecule has 0 bridgehead atoms. The van der Waals surface area contributed by atoms with Crippen molar-refractivity contribution in [3.8, 4) is 0 Å². The second-order valence-electron chi connectivity index (χ2n) is 3.76. The van der Waals surface area contributed by atoms with E-state index in [-0.39, 0.29) is 12.7 Å². The molecule has 0 heterocycles. The number of halogens is 3. The summed E-state index contributed by atoms with van der Waals surface area (Å²) in [5.74, 6) is 0. The molecule has 12 heteroatoms. The maximum atomic E-state index is 12.5. The lowest BCUT2D eigenvalue weighted by Crippen LogP contribution is -2.31. The minimum Gasteiger partial charge on any atom is -0.449 e. The molecule has 1 amide bonds. The molecule has 0 unspecified atom stereocenters. The van der Waals surface area contributed by atoms with Crippen molar-refractivity contribution < 1.29 is 36.0 Å². The normalized spacial score (nSPS) is 11.8. The van der Waals surface area contributed by atoms with Crippen molar-refractivity contribution in [1.29, 1.82) is 0 Å². The van der Waals surface area contributed by atoms with E-state index >= 15 is 0 Å². The molecular weight excluding hydrogens is 333 g/mol. The number of carbonyl (C=O) groups excluding carboxylic acids is 1. The van der Waals surface area contributed by atoms with Crippen LogP contribution in [0.15, 0.2) is 23.1 Å². The minimum absolute atomic E-state index is 0.0692. The number of alkyl halides is 3. The van der Waals surface area contributed by atoms with Crippen LogP contribution in [0.25, 0.3) is 0 Å². The highest BCUT2D eigenvalue weighted by Gasteiger charge is 2.35. The smallest absolute Gasteiger partial charge is 0.421 e. The van der Waals surface area contributed by atoms with Crippen LogP contribution in [-0.2, 0) is 20.9 Å². The Labute approximate surface area is 122 Å². The standard InChI is InChI=1S/C10H9F3N2O6S/c1-2-21-9(16)14-22(19,20)8-4-3-6(10(11,12)13)5-7(8)15(17)18/h3-5H,2H2,1H3,(H,14,16). The molecule has 0 aliphatic carbocycles. The quantitative estimate of drug-likeness (QED) is 0.661. The van der Waals surface area contributed by atoms with Gasteiger partial charge in [-0.25, -0.2) is 17.9 Å². The summed E-state index contributed by atoms with van der Waals surface area (Å²) in [7, 11) is -4.75. The minimum atomic E-state index is -4.89. The largest absolute Gasteiger partial charge is 0.449 e. The molecule has 22 heavy (non-hydrogen) atoms. The van der Waals surface area contributed by atoms with Gasteiger partial charge in [-0.2, -0.15) is 13.2 Å². The summed E-state index contributed by atoms with van der Waals surface area (Å²) in [6.45, 7) is 1.21. The van der Waals surface area contributed by atoms with Gasteiger partial charge in [0.15, 0.2) is 4.90 Å². The number of amides is 1. The summed E-state index contributed by atoms with van der Waals surface area (Å²) in [4.78, 5) is 19.5. The Morgan fingerprint density at radius 1 is 1.41 bits per heavy atom. The summed E-state index contributed by atoms with van der Waals surface area (Å²) in [5, 5.41) is 10.8. The monoisotopic (exact) mass is 342 g/mol. The van der Waals surface area contributed by atoms with Gasteiger partial charge in [0, 0.05) is 6.07 Å². The van der Waals surface area contributed by atoms with Crippen LogP contribution in [0.5, 0.6) is 0 Å². The molecule has 0 radical (unpaired) electrons. The van der Waals surface area contributed by atoms with Gasteiger partial charge < -0.3 is 4.74 Å². The lowest BCUT2D eigenvalue weighted by molar-refractivity contribution is -0.388. The number of nitrogens with zero attached hydrogens (tertiary/aromatic N) is 1. The molecule has 122 valence electrons. The van der Waals surface area contributed by atoms with Crippen LogP contribution in [0, 0.1) is 10.1 Å². The van der Waals surface area contributed by atoms with E-state index in [0.29, 0.717) is 12.1 Å². The number of carbonyl (C=O) groups is 1. The Bertz CT molecular complexity index is 701. The molecule has 0 saturated heterocycles. The molecule has 0 aliphatic heterocycles. The number of hydrogen-bond acceptors (Lipinski definition) is 6. The average Bonchev–Trinajstić information content (AvgIpc) is 2.36. The number of hydrogen-bond donors (Lipinski definition) is 1. The van der Waals surface area contributed by atoms with Crippen molar-refractivity contribution in [2.75, 3.05) is 6.61 Å². The van der Waals surface area contributed by atoms with Crippen LogP contribution >= 0.6 is 0 Å². The van der Waals surface area contributed by atoms with Gasteiger partial charge >= 0.3 is 12.3 Å². The van der Waals surface area contributed by atoms with Crippen LogP contribution in [-0.4, -0.2) is 26.0 Å². The second kappa shape index (κ2) is 6.17. The zero-order valence-electron chi connectivity index (χ0n) is 10.9. The first-order valence-corrected chi connectivity index (χ1v) is 7.02. The van der Waals surface area contributed by atoms with Crippen molar-refractivity contribution in [2.45, 2.75) is 18.0 Å². The summed E-state index contributed by atoms with van der Waals surface area (Å²) in [6.07, 6.45) is -6.29. The predicted molar refractivity (Wildman–Crippen MR) is 65.4 cm³/mol. The summed E-state index contributed by atoms with van der Waals surface area (Å²) in [6, 6.07) is 0.814. The van der Waals surface area contributed by atoms with Crippen LogP contribution in [0.3, 0.4) is 0 Å². The number of ether oxygens (including phenoxy) is 1. The van der Waals surface area contributed by atoms with Gasteiger partial charge in [0.2, 0.25) is 0 Å². The van der Waals surface area contributed by atoms with Gasteiger partial charge in [0.25, 0.3) is 15.7 Å². The maximum Gasteiger partial charge on any atom is 0.421 e. The van der Waals surface area contributed by atoms with E-state index in [4.69, 9.17) is 0 Å². The van der Waals surface area contributed by atoms with E-state index < -0.39 is 43.4 Å². The fourth-order valence-electron chi connectivity index (χ4n) is 1.39. The Morgan fingerprint density at radius 3 is 2.45 bits per heavy atom. The lowest BCUT2D eigenvalue weighted by atomic mass is 10.2. The van der Waals surface area contributed by atoms with Crippen LogP contribution in [0.4, 0.5) is 23.7 Å². The number of rotatable bonds is 4. The Balaban J connectivity index is 3.35. The Hall–Kier alpha value is -2.37. The fraction of sp³-hybridized carbons (Fsp3) is 0.300. The number of sulfonamides is 1. The first-order valence-electron chi connectivity index (χ1n) is 5.54. The van der Waals surface area contributed by atoms with Gasteiger partial charge in [0.05, 0.1) is 17.1 Å². The molecule has 1 aromatic rings. The third-order valence-electron chi connectivity index (χ3n) is 2.27. The highest BCUT2D eigenvalue weighted by molar-refractivity contribution is 7.90. The first kappa shape index (κ1) is 17.7. The highest BCUT2D eigenvalue weighted by atomic mass is 32.2. The van der Waals surface area contributed by atoms with Crippen LogP contribution in [0.1, 0.15) is 12.5 Å². The summed E-state index contributed by atoms with van der Waals surface area (Å²) < 4.78 is 66.8. The zero-order chi connectivity index (χ0) is 17.1. The third kappa shape index (κ3) is 4.07. The molecule has 0 atom stereocenters. The van der Waals surface area contributed by atoms with E-state index in [0.717, 1.165) is 0 Å². The first-order chi connectivity index (χ1) is 9.99. The summed E-state index contributed by atoms with van der Waals surface area (Å²) in [5.41, 5.74) is -2.71. The SMILES string of the molecule is CCOC(=O)NS(=O)(=O)c1ccc(C(F)(F)F)cc1[N+](=O)[O-]. The lowest BCUT2D eigenvalue weighted by Gasteiger charge is -2.10. The van der Waals surface area contributed by atoms with Crippen molar-refractivity contribution in [3.05, 3.63) is 33.9 Å². The van der Waals surface area contributed by atoms with E-state index in [1.165, 1.54) is 11.6 Å². The molecule has 0 spiro atoms. The van der Waals surface area contributed by atoms with Crippen LogP contribution in [0.2, 0.25) is 0 Å². The molecular formula is C10H9F3N2O6S. The molecule has 0 aromatic heterocycles. The van der Waals surface area contributed by atoms with Gasteiger partial charge in [-0.3, -0.25) is 10.1 Å². The zero-order valence-corrected chi connectivity index (χ0v) is 11.7. The third-order valence-corrected chi connectivity index (χ3v) is 3.63. The molecule has 1 N–H and O–H groups in total. The van der Waals surface area contributed by atoms with Gasteiger partial charge in [0.1, 0.15) is 0 Å². The van der Waals surface area contributed by atoms with Gasteiger partial charge in [-0.1, -0.05) is 0 Å². The molecule has 1 aromatic carbocycles. The highest BCUT2D eigenvalue weighted by Crippen LogP contribution is 2.34. The number of benzene rings is 1. The maximum absolute atomic E-state index is 12.5. The van der Waals surface area contributed by atoms with Crippen molar-refractivity contribution >= 4 is 21.8 Å². The van der Waals surface area contributed by atoms with Gasteiger partial charge in [-0.15, -0.1) is 0 Å². The van der Waals surface area contributed by atoms with Gasteiger partial charge in [-0.05, 0) is 19.1 Å². The fourth-order valence-corrected chi connectivity index (χ4v) is 2.43. The van der Waals surface area contributed by atoms with E-state index in [1.807, 2.05) is 0 Å². The van der Waals surface area contributed by atoms with Crippen molar-refractivity contribution in [3.63, 3.8) is 0 Å². The van der Waals surface area contributed by atoms with E-state index in [1.54, 1.807) is 0 Å². The molecule has 0 fully saturated rings. The Kier molecular flexibility index (Phi) is 4.96. The predicted octanol–water partition coefficient (Wildman–Crippen LogP) is 2.05. The molecule has 0 saturated carbocycles. The number of nitro benzene ring substituents is 1. The average molecular weight is 342 g/mol. The van der Waals surface area contributed by atoms with Crippen LogP contribution < -0.4 is 4.72 Å². The second-order valence-corrected chi connectivity index (χ2v) is 5.41. The number of nitrogens with one attached hydrogen (secondary N) is 1. The topological polar surface area (TPSA) is 116 Å². The van der Waals surface area contributed by atoms with E-state index in [2.05, 4.69) is 4.74 Å². The summed E-state index contributed by atoms with van der Waals surface area (Å²) >= 11 is 0. The Morgan fingerprint density at radius 2 is 2.00 bits per heavy atom. The molecule has 1 rings (SSSR count). The molecule has 8 nitrogen and oxygen atoms in total. The van der Waals surface area contributed by atoms with E-state index in [9.17, 15) is 36.5 Å². The van der Waals surface area contributed by atoms with Crippen molar-refractivity contribution in [1.82, 2.24) is 4.72 Å². The molecule has 0 aliphatic rings. The van der Waals surface area contributed by atoms with Crippen molar-refractivity contribution in [2.24, 2.45) is 0 Å².